The quantitative estimate of drug-likeness (QED) is 0.780. The number of hydrogen-bond donors (Lipinski definition) is 0. The summed E-state index contributed by atoms with van der Waals surface area (Å²) in [5, 5.41) is 0. The van der Waals surface area contributed by atoms with Crippen molar-refractivity contribution in [3.8, 4) is 0 Å². The number of benzene rings is 1. The van der Waals surface area contributed by atoms with Crippen molar-refractivity contribution in [3.63, 3.8) is 0 Å². The second-order valence-corrected chi connectivity index (χ2v) is 5.26. The van der Waals surface area contributed by atoms with Gasteiger partial charge in [-0.1, -0.05) is 44.2 Å². The van der Waals surface area contributed by atoms with Gasteiger partial charge in [-0.25, -0.2) is 0 Å². The number of likely N-dealkylation sites (tertiary alicyclic amines) is 1. The summed E-state index contributed by atoms with van der Waals surface area (Å²) in [5.41, 5.74) is 1.29. The summed E-state index contributed by atoms with van der Waals surface area (Å²) in [6, 6.07) is 10.4. The molecular formula is C15H21NO. The van der Waals surface area contributed by atoms with Crippen LogP contribution < -0.4 is 0 Å². The van der Waals surface area contributed by atoms with Gasteiger partial charge in [-0.3, -0.25) is 9.69 Å². The highest BCUT2D eigenvalue weighted by Gasteiger charge is 2.35. The van der Waals surface area contributed by atoms with Gasteiger partial charge in [0.2, 0.25) is 0 Å². The highest BCUT2D eigenvalue weighted by atomic mass is 16.1. The predicted molar refractivity (Wildman–Crippen MR) is 69.6 cm³/mol. The fourth-order valence-corrected chi connectivity index (χ4v) is 2.55. The Kier molecular flexibility index (Phi) is 3.63. The van der Waals surface area contributed by atoms with Crippen LogP contribution >= 0.6 is 0 Å². The van der Waals surface area contributed by atoms with Gasteiger partial charge in [-0.2, -0.15) is 0 Å². The van der Waals surface area contributed by atoms with E-state index in [1.165, 1.54) is 5.56 Å². The van der Waals surface area contributed by atoms with Crippen molar-refractivity contribution in [2.24, 2.45) is 11.8 Å². The molecule has 2 heteroatoms. The zero-order valence-electron chi connectivity index (χ0n) is 10.9. The van der Waals surface area contributed by atoms with Gasteiger partial charge in [-0.15, -0.1) is 0 Å². The normalized spacial score (nSPS) is 30.5. The van der Waals surface area contributed by atoms with E-state index in [2.05, 4.69) is 43.0 Å². The molecule has 0 spiro atoms. The molecule has 17 heavy (non-hydrogen) atoms. The molecule has 3 atom stereocenters. The highest BCUT2D eigenvalue weighted by Crippen LogP contribution is 2.25. The Bertz CT molecular complexity index is 387. The topological polar surface area (TPSA) is 20.3 Å². The number of ketones is 1. The van der Waals surface area contributed by atoms with Crippen LogP contribution in [-0.4, -0.2) is 23.3 Å². The summed E-state index contributed by atoms with van der Waals surface area (Å²) in [6.07, 6.45) is 0. The molecule has 1 fully saturated rings. The van der Waals surface area contributed by atoms with Gasteiger partial charge >= 0.3 is 0 Å². The number of hydrogen-bond acceptors (Lipinski definition) is 2. The van der Waals surface area contributed by atoms with E-state index in [-0.39, 0.29) is 12.0 Å². The molecule has 0 aliphatic carbocycles. The van der Waals surface area contributed by atoms with Gasteiger partial charge in [0.05, 0.1) is 6.04 Å². The standard InChI is InChI=1S/C15H21NO/c1-11-9-16(13(3)15(17)12(11)2)10-14-7-5-4-6-8-14/h4-8,11-13H,9-10H2,1-3H3/t11-,12+,13+/m0/s1. The first-order valence-corrected chi connectivity index (χ1v) is 6.41. The fraction of sp³-hybridized carbons (Fsp3) is 0.533. The Morgan fingerprint density at radius 1 is 1.18 bits per heavy atom. The smallest absolute Gasteiger partial charge is 0.152 e. The SMILES string of the molecule is C[C@@H]1C(=O)[C@H](C)[C@@H](C)CN1Cc1ccccc1. The van der Waals surface area contributed by atoms with Gasteiger partial charge < -0.3 is 0 Å². The number of Topliss-reactive ketones (excluding diaryl/α,β-unsaturated/α-hetero) is 1. The van der Waals surface area contributed by atoms with E-state index in [9.17, 15) is 4.79 Å². The van der Waals surface area contributed by atoms with Crippen molar-refractivity contribution >= 4 is 5.78 Å². The third kappa shape index (κ3) is 2.58. The van der Waals surface area contributed by atoms with Gasteiger partial charge in [0.15, 0.2) is 5.78 Å². The van der Waals surface area contributed by atoms with Crippen molar-refractivity contribution < 1.29 is 4.79 Å². The lowest BCUT2D eigenvalue weighted by Crippen LogP contribution is -2.50. The number of rotatable bonds is 2. The zero-order valence-corrected chi connectivity index (χ0v) is 10.9. The first kappa shape index (κ1) is 12.3. The molecule has 1 aliphatic heterocycles. The molecule has 0 bridgehead atoms. The maximum atomic E-state index is 12.1. The van der Waals surface area contributed by atoms with E-state index in [0.29, 0.717) is 11.7 Å². The molecule has 1 aliphatic rings. The second-order valence-electron chi connectivity index (χ2n) is 5.26. The van der Waals surface area contributed by atoms with Gasteiger partial charge in [-0.05, 0) is 18.4 Å². The third-order valence-electron chi connectivity index (χ3n) is 4.01. The average molecular weight is 231 g/mol. The largest absolute Gasteiger partial charge is 0.298 e. The lowest BCUT2D eigenvalue weighted by atomic mass is 9.83. The minimum Gasteiger partial charge on any atom is -0.298 e. The van der Waals surface area contributed by atoms with Crippen molar-refractivity contribution in [3.05, 3.63) is 35.9 Å². The first-order chi connectivity index (χ1) is 8.09. The molecule has 1 aromatic carbocycles. The zero-order chi connectivity index (χ0) is 12.4. The van der Waals surface area contributed by atoms with Gasteiger partial charge in [0.1, 0.15) is 0 Å². The van der Waals surface area contributed by atoms with Crippen LogP contribution in [-0.2, 0) is 11.3 Å². The van der Waals surface area contributed by atoms with E-state index in [1.54, 1.807) is 0 Å². The maximum absolute atomic E-state index is 12.1. The minimum absolute atomic E-state index is 0.0569. The summed E-state index contributed by atoms with van der Waals surface area (Å²) in [5.74, 6) is 1.05. The van der Waals surface area contributed by atoms with Crippen LogP contribution in [0.2, 0.25) is 0 Å². The molecule has 1 aromatic rings. The molecule has 0 aromatic heterocycles. The highest BCUT2D eigenvalue weighted by molar-refractivity contribution is 5.86. The Labute approximate surface area is 104 Å². The van der Waals surface area contributed by atoms with Crippen LogP contribution in [0.4, 0.5) is 0 Å². The summed E-state index contributed by atoms with van der Waals surface area (Å²) >= 11 is 0. The third-order valence-corrected chi connectivity index (χ3v) is 4.01. The van der Waals surface area contributed by atoms with Crippen LogP contribution in [0.3, 0.4) is 0 Å². The monoisotopic (exact) mass is 231 g/mol. The first-order valence-electron chi connectivity index (χ1n) is 6.41. The fourth-order valence-electron chi connectivity index (χ4n) is 2.55. The van der Waals surface area contributed by atoms with Crippen molar-refractivity contribution in [1.82, 2.24) is 4.90 Å². The van der Waals surface area contributed by atoms with E-state index in [1.807, 2.05) is 13.0 Å². The van der Waals surface area contributed by atoms with Crippen LogP contribution in [0.25, 0.3) is 0 Å². The molecule has 0 amide bonds. The summed E-state index contributed by atoms with van der Waals surface area (Å²) in [4.78, 5) is 14.4. The summed E-state index contributed by atoms with van der Waals surface area (Å²) in [6.45, 7) is 8.16. The number of carbonyl (C=O) groups excluding carboxylic acids is 1. The molecule has 0 N–H and O–H groups in total. The van der Waals surface area contributed by atoms with E-state index in [0.717, 1.165) is 13.1 Å². The van der Waals surface area contributed by atoms with E-state index < -0.39 is 0 Å². The molecule has 1 heterocycles. The van der Waals surface area contributed by atoms with Crippen molar-refractivity contribution in [1.29, 1.82) is 0 Å². The Morgan fingerprint density at radius 2 is 1.82 bits per heavy atom. The number of piperidine rings is 1. The molecule has 0 radical (unpaired) electrons. The second kappa shape index (κ2) is 5.01. The molecule has 1 saturated heterocycles. The van der Waals surface area contributed by atoms with E-state index in [4.69, 9.17) is 0 Å². The van der Waals surface area contributed by atoms with Crippen LogP contribution in [0.15, 0.2) is 30.3 Å². The molecule has 92 valence electrons. The Balaban J connectivity index is 2.09. The van der Waals surface area contributed by atoms with Crippen molar-refractivity contribution in [2.45, 2.75) is 33.4 Å². The minimum atomic E-state index is 0.0569. The molecular weight excluding hydrogens is 210 g/mol. The average Bonchev–Trinajstić information content (AvgIpc) is 2.35. The van der Waals surface area contributed by atoms with Crippen molar-refractivity contribution in [2.75, 3.05) is 6.54 Å². The van der Waals surface area contributed by atoms with Crippen LogP contribution in [0.5, 0.6) is 0 Å². The van der Waals surface area contributed by atoms with Crippen LogP contribution in [0, 0.1) is 11.8 Å². The van der Waals surface area contributed by atoms with E-state index >= 15 is 0 Å². The van der Waals surface area contributed by atoms with Gasteiger partial charge in [0, 0.05) is 19.0 Å². The lowest BCUT2D eigenvalue weighted by Gasteiger charge is -2.39. The lowest BCUT2D eigenvalue weighted by molar-refractivity contribution is -0.133. The summed E-state index contributed by atoms with van der Waals surface area (Å²) in [7, 11) is 0. The Hall–Kier alpha value is -1.15. The van der Waals surface area contributed by atoms with Gasteiger partial charge in [0.25, 0.3) is 0 Å². The summed E-state index contributed by atoms with van der Waals surface area (Å²) < 4.78 is 0. The predicted octanol–water partition coefficient (Wildman–Crippen LogP) is 2.73. The Morgan fingerprint density at radius 3 is 2.47 bits per heavy atom. The number of nitrogens with zero attached hydrogens (tertiary/aromatic N) is 1. The van der Waals surface area contributed by atoms with Crippen LogP contribution in [0.1, 0.15) is 26.3 Å². The molecule has 2 rings (SSSR count). The molecule has 0 unspecified atom stereocenters. The molecule has 0 saturated carbocycles. The number of carbonyl (C=O) groups is 1. The maximum Gasteiger partial charge on any atom is 0.152 e. The molecule has 2 nitrogen and oxygen atoms in total.